The quantitative estimate of drug-likeness (QED) is 0.361. The van der Waals surface area contributed by atoms with Gasteiger partial charge in [0.25, 0.3) is 0 Å². The Bertz CT molecular complexity index is 739. The third kappa shape index (κ3) is 4.31. The summed E-state index contributed by atoms with van der Waals surface area (Å²) >= 11 is 0. The number of aryl methyl sites for hydroxylation is 2. The van der Waals surface area contributed by atoms with Crippen LogP contribution < -0.4 is 4.74 Å². The highest BCUT2D eigenvalue weighted by atomic mass is 19.4. The first-order valence-electron chi connectivity index (χ1n) is 6.84. The third-order valence-electron chi connectivity index (χ3n) is 3.31. The predicted octanol–water partition coefficient (Wildman–Crippen LogP) is 5.24. The number of halogens is 11. The normalized spacial score (nSPS) is 15.9. The monoisotopic (exact) mass is 434 g/mol. The van der Waals surface area contributed by atoms with Crippen LogP contribution in [0.5, 0.6) is 5.75 Å². The molecule has 0 radical (unpaired) electrons. The van der Waals surface area contributed by atoms with Crippen LogP contribution in [0.2, 0.25) is 0 Å². The molecule has 1 unspecified atom stereocenters. The van der Waals surface area contributed by atoms with E-state index in [2.05, 4.69) is 9.47 Å². The molecule has 14 heteroatoms. The van der Waals surface area contributed by atoms with Gasteiger partial charge in [0.2, 0.25) is 0 Å². The second-order valence-corrected chi connectivity index (χ2v) is 5.42. The lowest BCUT2D eigenvalue weighted by Crippen LogP contribution is -2.62. The van der Waals surface area contributed by atoms with Crippen LogP contribution in [-0.2, 0) is 9.53 Å². The van der Waals surface area contributed by atoms with Crippen molar-refractivity contribution in [2.24, 2.45) is 0 Å². The molecule has 0 aliphatic rings. The molecular formula is C14H9F11O3. The van der Waals surface area contributed by atoms with Crippen LogP contribution >= 0.6 is 0 Å². The van der Waals surface area contributed by atoms with Crippen molar-refractivity contribution in [3.05, 3.63) is 29.3 Å². The molecule has 3 nitrogen and oxygen atoms in total. The van der Waals surface area contributed by atoms with Crippen molar-refractivity contribution in [1.29, 1.82) is 0 Å². The Hall–Kier alpha value is -2.12. The van der Waals surface area contributed by atoms with Gasteiger partial charge in [-0.1, -0.05) is 6.07 Å². The second-order valence-electron chi connectivity index (χ2n) is 5.42. The molecule has 1 aromatic rings. The number of benzene rings is 1. The second kappa shape index (κ2) is 7.04. The number of hydrogen-bond acceptors (Lipinski definition) is 3. The van der Waals surface area contributed by atoms with E-state index in [1.54, 1.807) is 0 Å². The molecule has 1 rings (SSSR count). The SMILES string of the molecule is Cc1ccc(OC(=O)C(F)(OC(F)(F)C(F)(F)C(F)(F)F)C(F)(F)F)cc1C. The first-order chi connectivity index (χ1) is 12.3. The molecule has 28 heavy (non-hydrogen) atoms. The van der Waals surface area contributed by atoms with Crippen molar-refractivity contribution in [1.82, 2.24) is 0 Å². The Morgan fingerprint density at radius 2 is 1.29 bits per heavy atom. The maximum Gasteiger partial charge on any atom is 0.462 e. The Morgan fingerprint density at radius 3 is 1.68 bits per heavy atom. The number of rotatable bonds is 5. The third-order valence-corrected chi connectivity index (χ3v) is 3.31. The predicted molar refractivity (Wildman–Crippen MR) is 68.5 cm³/mol. The minimum absolute atomic E-state index is 0.275. The van der Waals surface area contributed by atoms with Gasteiger partial charge in [0.1, 0.15) is 5.75 Å². The topological polar surface area (TPSA) is 35.5 Å². The summed E-state index contributed by atoms with van der Waals surface area (Å²) < 4.78 is 146. The minimum atomic E-state index is -7.26. The van der Waals surface area contributed by atoms with Gasteiger partial charge in [-0.15, -0.1) is 0 Å². The number of carbonyl (C=O) groups is 1. The van der Waals surface area contributed by atoms with E-state index in [9.17, 15) is 53.1 Å². The van der Waals surface area contributed by atoms with E-state index in [-0.39, 0.29) is 5.56 Å². The van der Waals surface area contributed by atoms with E-state index in [0.29, 0.717) is 5.56 Å². The van der Waals surface area contributed by atoms with Crippen molar-refractivity contribution >= 4 is 5.97 Å². The summed E-state index contributed by atoms with van der Waals surface area (Å²) in [5.74, 6) is -17.8. The van der Waals surface area contributed by atoms with Gasteiger partial charge < -0.3 is 4.74 Å². The lowest BCUT2D eigenvalue weighted by molar-refractivity contribution is -0.474. The van der Waals surface area contributed by atoms with Crippen LogP contribution in [0.3, 0.4) is 0 Å². The zero-order chi connectivity index (χ0) is 22.3. The van der Waals surface area contributed by atoms with E-state index in [4.69, 9.17) is 0 Å². The maximum atomic E-state index is 14.0. The van der Waals surface area contributed by atoms with Crippen molar-refractivity contribution < 1.29 is 62.6 Å². The van der Waals surface area contributed by atoms with Crippen molar-refractivity contribution in [3.8, 4) is 5.75 Å². The summed E-state index contributed by atoms with van der Waals surface area (Å²) in [5, 5.41) is 0. The van der Waals surface area contributed by atoms with Gasteiger partial charge in [-0.25, -0.2) is 4.79 Å². The molecule has 0 aliphatic heterocycles. The molecule has 0 N–H and O–H groups in total. The van der Waals surface area contributed by atoms with Gasteiger partial charge >= 0.3 is 36.2 Å². The van der Waals surface area contributed by atoms with Gasteiger partial charge in [0.15, 0.2) is 0 Å². The van der Waals surface area contributed by atoms with Crippen LogP contribution in [0.4, 0.5) is 48.3 Å². The molecule has 1 aromatic carbocycles. The van der Waals surface area contributed by atoms with E-state index in [1.807, 2.05) is 0 Å². The fourth-order valence-corrected chi connectivity index (χ4v) is 1.57. The van der Waals surface area contributed by atoms with Crippen LogP contribution in [0, 0.1) is 13.8 Å². The summed E-state index contributed by atoms with van der Waals surface area (Å²) in [6, 6.07) is 2.80. The molecule has 160 valence electrons. The zero-order valence-electron chi connectivity index (χ0n) is 13.6. The summed E-state index contributed by atoms with van der Waals surface area (Å²) in [7, 11) is 0. The molecule has 0 bridgehead atoms. The van der Waals surface area contributed by atoms with E-state index >= 15 is 0 Å². The molecule has 0 aromatic heterocycles. The van der Waals surface area contributed by atoms with Crippen molar-refractivity contribution in [2.45, 2.75) is 44.1 Å². The van der Waals surface area contributed by atoms with Crippen molar-refractivity contribution in [2.75, 3.05) is 0 Å². The average molecular weight is 434 g/mol. The number of esters is 1. The van der Waals surface area contributed by atoms with Crippen LogP contribution in [0.1, 0.15) is 11.1 Å². The van der Waals surface area contributed by atoms with Gasteiger partial charge in [0.05, 0.1) is 0 Å². The average Bonchev–Trinajstić information content (AvgIpc) is 2.48. The first kappa shape index (κ1) is 23.9. The standard InChI is InChI=1S/C14H9F11O3/c1-6-3-4-8(5-7(6)2)27-9(26)10(15,12(18,19)20)28-14(24,25)11(16,17)13(21,22)23/h3-5H,1-2H3. The van der Waals surface area contributed by atoms with Gasteiger partial charge in [0, 0.05) is 0 Å². The van der Waals surface area contributed by atoms with Crippen LogP contribution in [0.25, 0.3) is 0 Å². The van der Waals surface area contributed by atoms with E-state index < -0.39 is 42.0 Å². The largest absolute Gasteiger partial charge is 0.462 e. The summed E-state index contributed by atoms with van der Waals surface area (Å²) in [4.78, 5) is 11.4. The molecular weight excluding hydrogens is 425 g/mol. The molecule has 0 spiro atoms. The van der Waals surface area contributed by atoms with Crippen LogP contribution in [0.15, 0.2) is 18.2 Å². The molecule has 1 atom stereocenters. The van der Waals surface area contributed by atoms with Gasteiger partial charge in [-0.2, -0.15) is 48.3 Å². The lowest BCUT2D eigenvalue weighted by Gasteiger charge is -2.33. The smallest absolute Gasteiger partial charge is 0.422 e. The fraction of sp³-hybridized carbons (Fsp3) is 0.500. The Labute approximate surface area is 149 Å². The Kier molecular flexibility index (Phi) is 6.02. The molecule has 0 amide bonds. The first-order valence-corrected chi connectivity index (χ1v) is 6.84. The Morgan fingerprint density at radius 1 is 0.786 bits per heavy atom. The summed E-state index contributed by atoms with van der Waals surface area (Å²) in [6.45, 7) is 2.85. The van der Waals surface area contributed by atoms with Gasteiger partial charge in [-0.3, -0.25) is 4.74 Å². The summed E-state index contributed by atoms with van der Waals surface area (Å²) in [6.07, 6.45) is -21.0. The minimum Gasteiger partial charge on any atom is -0.422 e. The van der Waals surface area contributed by atoms with Crippen molar-refractivity contribution in [3.63, 3.8) is 0 Å². The number of hydrogen-bond donors (Lipinski definition) is 0. The Balaban J connectivity index is 3.32. The fourth-order valence-electron chi connectivity index (χ4n) is 1.57. The highest BCUT2D eigenvalue weighted by molar-refractivity contribution is 5.81. The molecule has 0 heterocycles. The highest BCUT2D eigenvalue weighted by Crippen LogP contribution is 2.51. The van der Waals surface area contributed by atoms with Gasteiger partial charge in [-0.05, 0) is 37.1 Å². The lowest BCUT2D eigenvalue weighted by atomic mass is 10.1. The molecule has 0 saturated heterocycles. The highest BCUT2D eigenvalue weighted by Gasteiger charge is 2.80. The molecule has 0 aliphatic carbocycles. The summed E-state index contributed by atoms with van der Waals surface area (Å²) in [5.41, 5.74) is 0.784. The number of alkyl halides is 11. The maximum absolute atomic E-state index is 14.0. The zero-order valence-corrected chi connectivity index (χ0v) is 13.6. The number of ether oxygens (including phenoxy) is 2. The van der Waals surface area contributed by atoms with Crippen LogP contribution in [-0.4, -0.2) is 36.2 Å². The van der Waals surface area contributed by atoms with E-state index in [1.165, 1.54) is 13.8 Å². The molecule has 0 saturated carbocycles. The number of carbonyl (C=O) groups excluding carboxylic acids is 1. The molecule has 0 fully saturated rings. The van der Waals surface area contributed by atoms with E-state index in [0.717, 1.165) is 18.2 Å².